The van der Waals surface area contributed by atoms with E-state index in [1.54, 1.807) is 0 Å². The standard InChI is InChI=1S/C11H12ClN/c1-7(2)9-4-8(3)10(6-13)11(12)5-9/h4-5,7H,1-3H3. The summed E-state index contributed by atoms with van der Waals surface area (Å²) in [7, 11) is 0. The van der Waals surface area contributed by atoms with E-state index in [4.69, 9.17) is 16.9 Å². The van der Waals surface area contributed by atoms with Crippen LogP contribution in [0, 0.1) is 18.3 Å². The molecule has 1 aromatic carbocycles. The fraction of sp³-hybridized carbons (Fsp3) is 0.364. The van der Waals surface area contributed by atoms with Crippen molar-refractivity contribution in [1.29, 1.82) is 5.26 Å². The lowest BCUT2D eigenvalue weighted by Crippen LogP contribution is -1.92. The number of hydrogen-bond donors (Lipinski definition) is 0. The summed E-state index contributed by atoms with van der Waals surface area (Å²) in [4.78, 5) is 0. The summed E-state index contributed by atoms with van der Waals surface area (Å²) in [6.07, 6.45) is 0. The van der Waals surface area contributed by atoms with Crippen LogP contribution in [0.25, 0.3) is 0 Å². The van der Waals surface area contributed by atoms with E-state index in [9.17, 15) is 0 Å². The number of rotatable bonds is 1. The van der Waals surface area contributed by atoms with Crippen LogP contribution in [0.5, 0.6) is 0 Å². The lowest BCUT2D eigenvalue weighted by atomic mass is 9.98. The van der Waals surface area contributed by atoms with Crippen molar-refractivity contribution in [2.45, 2.75) is 26.7 Å². The first-order valence-electron chi connectivity index (χ1n) is 4.26. The first kappa shape index (κ1) is 10.1. The van der Waals surface area contributed by atoms with Crippen LogP contribution in [0.3, 0.4) is 0 Å². The van der Waals surface area contributed by atoms with Crippen LogP contribution in [-0.4, -0.2) is 0 Å². The van der Waals surface area contributed by atoms with Crippen LogP contribution in [0.2, 0.25) is 5.02 Å². The Kier molecular flexibility index (Phi) is 2.95. The Hall–Kier alpha value is -1.00. The highest BCUT2D eigenvalue weighted by molar-refractivity contribution is 6.31. The van der Waals surface area contributed by atoms with Crippen molar-refractivity contribution in [1.82, 2.24) is 0 Å². The predicted octanol–water partition coefficient (Wildman–Crippen LogP) is 3.64. The second-order valence-corrected chi connectivity index (χ2v) is 3.87. The van der Waals surface area contributed by atoms with Crippen molar-refractivity contribution in [3.63, 3.8) is 0 Å². The molecule has 0 aromatic heterocycles. The Morgan fingerprint density at radius 1 is 1.38 bits per heavy atom. The topological polar surface area (TPSA) is 23.8 Å². The van der Waals surface area contributed by atoms with Gasteiger partial charge in [0.25, 0.3) is 0 Å². The van der Waals surface area contributed by atoms with E-state index in [1.807, 2.05) is 19.1 Å². The molecule has 2 heteroatoms. The minimum absolute atomic E-state index is 0.448. The fourth-order valence-corrected chi connectivity index (χ4v) is 1.56. The highest BCUT2D eigenvalue weighted by Crippen LogP contribution is 2.25. The van der Waals surface area contributed by atoms with Gasteiger partial charge in [0.05, 0.1) is 10.6 Å². The summed E-state index contributed by atoms with van der Waals surface area (Å²) < 4.78 is 0. The molecule has 0 N–H and O–H groups in total. The largest absolute Gasteiger partial charge is 0.192 e. The van der Waals surface area contributed by atoms with Crippen LogP contribution in [0.15, 0.2) is 12.1 Å². The van der Waals surface area contributed by atoms with Crippen LogP contribution in [-0.2, 0) is 0 Å². The van der Waals surface area contributed by atoms with E-state index in [0.717, 1.165) is 5.56 Å². The SMILES string of the molecule is Cc1cc(C(C)C)cc(Cl)c1C#N. The Bertz CT molecular complexity index is 338. The van der Waals surface area contributed by atoms with Gasteiger partial charge in [0.1, 0.15) is 6.07 Å². The van der Waals surface area contributed by atoms with Gasteiger partial charge in [-0.3, -0.25) is 0 Å². The summed E-state index contributed by atoms with van der Waals surface area (Å²) in [6, 6.07) is 5.99. The van der Waals surface area contributed by atoms with Crippen molar-refractivity contribution in [2.24, 2.45) is 0 Å². The Morgan fingerprint density at radius 3 is 2.38 bits per heavy atom. The van der Waals surface area contributed by atoms with Crippen LogP contribution < -0.4 is 0 Å². The van der Waals surface area contributed by atoms with Gasteiger partial charge in [0.2, 0.25) is 0 Å². The molecular formula is C11H12ClN. The van der Waals surface area contributed by atoms with Crippen LogP contribution in [0.4, 0.5) is 0 Å². The molecule has 0 radical (unpaired) electrons. The number of benzene rings is 1. The summed E-state index contributed by atoms with van der Waals surface area (Å²) in [5, 5.41) is 9.36. The van der Waals surface area contributed by atoms with Gasteiger partial charge in [-0.15, -0.1) is 0 Å². The van der Waals surface area contributed by atoms with E-state index in [2.05, 4.69) is 19.9 Å². The average molecular weight is 194 g/mol. The fourth-order valence-electron chi connectivity index (χ4n) is 1.25. The van der Waals surface area contributed by atoms with E-state index < -0.39 is 0 Å². The molecule has 0 spiro atoms. The molecule has 0 unspecified atom stereocenters. The van der Waals surface area contributed by atoms with Crippen LogP contribution >= 0.6 is 11.6 Å². The highest BCUT2D eigenvalue weighted by Gasteiger charge is 2.07. The normalized spacial score (nSPS) is 10.2. The second-order valence-electron chi connectivity index (χ2n) is 3.46. The first-order chi connectivity index (χ1) is 6.06. The zero-order valence-corrected chi connectivity index (χ0v) is 8.81. The van der Waals surface area contributed by atoms with Gasteiger partial charge in [-0.2, -0.15) is 5.26 Å². The smallest absolute Gasteiger partial charge is 0.101 e. The monoisotopic (exact) mass is 193 g/mol. The average Bonchev–Trinajstić information content (AvgIpc) is 2.03. The van der Waals surface area contributed by atoms with Crippen molar-refractivity contribution in [3.8, 4) is 6.07 Å². The third-order valence-corrected chi connectivity index (χ3v) is 2.39. The molecule has 1 aromatic rings. The molecule has 0 aliphatic rings. The summed E-state index contributed by atoms with van der Waals surface area (Å²) in [5.41, 5.74) is 2.73. The van der Waals surface area contributed by atoms with E-state index >= 15 is 0 Å². The molecular weight excluding hydrogens is 182 g/mol. The Balaban J connectivity index is 3.30. The minimum atomic E-state index is 0.448. The number of halogens is 1. The van der Waals surface area contributed by atoms with Crippen LogP contribution in [0.1, 0.15) is 36.5 Å². The van der Waals surface area contributed by atoms with Crippen molar-refractivity contribution >= 4 is 11.6 Å². The molecule has 0 heterocycles. The lowest BCUT2D eigenvalue weighted by molar-refractivity contribution is 0.864. The third-order valence-electron chi connectivity index (χ3n) is 2.09. The first-order valence-corrected chi connectivity index (χ1v) is 4.64. The second kappa shape index (κ2) is 3.81. The zero-order chi connectivity index (χ0) is 10.0. The van der Waals surface area contributed by atoms with E-state index in [0.29, 0.717) is 16.5 Å². The number of hydrogen-bond acceptors (Lipinski definition) is 1. The molecule has 0 saturated carbocycles. The summed E-state index contributed by atoms with van der Waals surface area (Å²) in [6.45, 7) is 6.13. The van der Waals surface area contributed by atoms with Crippen molar-refractivity contribution in [2.75, 3.05) is 0 Å². The van der Waals surface area contributed by atoms with E-state index in [1.165, 1.54) is 5.56 Å². The van der Waals surface area contributed by atoms with Crippen molar-refractivity contribution < 1.29 is 0 Å². The van der Waals surface area contributed by atoms with Gasteiger partial charge < -0.3 is 0 Å². The lowest BCUT2D eigenvalue weighted by Gasteiger charge is -2.08. The maximum Gasteiger partial charge on any atom is 0.101 e. The number of nitrogens with zero attached hydrogens (tertiary/aromatic N) is 1. The maximum atomic E-state index is 8.79. The molecule has 0 aliphatic carbocycles. The van der Waals surface area contributed by atoms with Crippen molar-refractivity contribution in [3.05, 3.63) is 33.8 Å². The molecule has 1 nitrogen and oxygen atoms in total. The summed E-state index contributed by atoms with van der Waals surface area (Å²) >= 11 is 5.96. The third kappa shape index (κ3) is 2.02. The molecule has 0 amide bonds. The molecule has 0 bridgehead atoms. The van der Waals surface area contributed by atoms with Gasteiger partial charge >= 0.3 is 0 Å². The van der Waals surface area contributed by atoms with Gasteiger partial charge in [-0.25, -0.2) is 0 Å². The van der Waals surface area contributed by atoms with Gasteiger partial charge in [0.15, 0.2) is 0 Å². The molecule has 13 heavy (non-hydrogen) atoms. The molecule has 0 aliphatic heterocycles. The molecule has 1 rings (SSSR count). The zero-order valence-electron chi connectivity index (χ0n) is 8.06. The number of aryl methyl sites for hydroxylation is 1. The molecule has 0 fully saturated rings. The van der Waals surface area contributed by atoms with Gasteiger partial charge in [-0.05, 0) is 30.0 Å². The number of nitriles is 1. The highest BCUT2D eigenvalue weighted by atomic mass is 35.5. The Labute approximate surface area is 84.0 Å². The van der Waals surface area contributed by atoms with Gasteiger partial charge in [0, 0.05) is 0 Å². The predicted molar refractivity (Wildman–Crippen MR) is 55.0 cm³/mol. The maximum absolute atomic E-state index is 8.79. The Morgan fingerprint density at radius 2 is 2.00 bits per heavy atom. The quantitative estimate of drug-likeness (QED) is 0.668. The molecule has 68 valence electrons. The molecule has 0 saturated heterocycles. The minimum Gasteiger partial charge on any atom is -0.192 e. The van der Waals surface area contributed by atoms with Gasteiger partial charge in [-0.1, -0.05) is 31.5 Å². The van der Waals surface area contributed by atoms with E-state index in [-0.39, 0.29) is 0 Å². The summed E-state index contributed by atoms with van der Waals surface area (Å²) in [5.74, 6) is 0.448. The molecule has 0 atom stereocenters.